The highest BCUT2D eigenvalue weighted by Gasteiger charge is 2.28. The van der Waals surface area contributed by atoms with Gasteiger partial charge in [-0.15, -0.1) is 22.7 Å². The van der Waals surface area contributed by atoms with Crippen molar-refractivity contribution >= 4 is 59.7 Å². The Bertz CT molecular complexity index is 1140. The zero-order valence-corrected chi connectivity index (χ0v) is 17.9. The predicted octanol–water partition coefficient (Wildman–Crippen LogP) is 2.33. The van der Waals surface area contributed by atoms with Crippen LogP contribution in [0.3, 0.4) is 0 Å². The number of sulfonamides is 1. The molecule has 152 valence electrons. The third kappa shape index (κ3) is 4.17. The SMILES string of the molecule is CS(=O)(=O)N1CCN(C(=O)c2ccsc2NC(=O)c2nc3ccccc3s2)CC1. The second-order valence-corrected chi connectivity index (χ2v) is 10.5. The molecule has 0 saturated carbocycles. The molecule has 11 heteroatoms. The molecule has 2 amide bonds. The van der Waals surface area contributed by atoms with Crippen LogP contribution in [0.4, 0.5) is 5.00 Å². The lowest BCUT2D eigenvalue weighted by atomic mass is 10.2. The molecule has 1 fully saturated rings. The van der Waals surface area contributed by atoms with Crippen LogP contribution in [0.1, 0.15) is 20.2 Å². The van der Waals surface area contributed by atoms with Gasteiger partial charge in [0.15, 0.2) is 5.01 Å². The molecule has 0 radical (unpaired) electrons. The van der Waals surface area contributed by atoms with Gasteiger partial charge in [-0.25, -0.2) is 13.4 Å². The third-order valence-corrected chi connectivity index (χ3v) is 7.77. The zero-order valence-electron chi connectivity index (χ0n) is 15.5. The Kier molecular flexibility index (Phi) is 5.38. The van der Waals surface area contributed by atoms with E-state index in [4.69, 9.17) is 0 Å². The number of carbonyl (C=O) groups excluding carboxylic acids is 2. The first-order chi connectivity index (χ1) is 13.8. The molecule has 3 heterocycles. The Morgan fingerprint density at radius 3 is 2.52 bits per heavy atom. The van der Waals surface area contributed by atoms with Crippen molar-refractivity contribution in [1.82, 2.24) is 14.2 Å². The maximum Gasteiger partial charge on any atom is 0.285 e. The topological polar surface area (TPSA) is 99.7 Å². The van der Waals surface area contributed by atoms with Gasteiger partial charge in [-0.3, -0.25) is 9.59 Å². The molecule has 8 nitrogen and oxygen atoms in total. The van der Waals surface area contributed by atoms with Crippen molar-refractivity contribution in [1.29, 1.82) is 0 Å². The first kappa shape index (κ1) is 20.0. The minimum absolute atomic E-state index is 0.223. The average Bonchev–Trinajstić information content (AvgIpc) is 3.33. The van der Waals surface area contributed by atoms with Gasteiger partial charge in [0.05, 0.1) is 22.0 Å². The number of nitrogens with zero attached hydrogens (tertiary/aromatic N) is 3. The summed E-state index contributed by atoms with van der Waals surface area (Å²) in [6.07, 6.45) is 1.17. The molecule has 3 aromatic rings. The summed E-state index contributed by atoms with van der Waals surface area (Å²) in [5.41, 5.74) is 1.16. The molecule has 29 heavy (non-hydrogen) atoms. The van der Waals surface area contributed by atoms with Crippen LogP contribution in [0.15, 0.2) is 35.7 Å². The molecular weight excluding hydrogens is 432 g/mol. The van der Waals surface area contributed by atoms with Gasteiger partial charge >= 0.3 is 0 Å². The normalized spacial score (nSPS) is 15.6. The van der Waals surface area contributed by atoms with Crippen LogP contribution in [0.5, 0.6) is 0 Å². The van der Waals surface area contributed by atoms with E-state index in [1.807, 2.05) is 24.3 Å². The summed E-state index contributed by atoms with van der Waals surface area (Å²) in [6, 6.07) is 9.17. The summed E-state index contributed by atoms with van der Waals surface area (Å²) >= 11 is 2.56. The number of thiophene rings is 1. The van der Waals surface area contributed by atoms with Crippen molar-refractivity contribution in [3.05, 3.63) is 46.3 Å². The Morgan fingerprint density at radius 2 is 1.83 bits per heavy atom. The maximum absolute atomic E-state index is 12.9. The van der Waals surface area contributed by atoms with E-state index in [9.17, 15) is 18.0 Å². The van der Waals surface area contributed by atoms with Crippen LogP contribution in [-0.4, -0.2) is 66.9 Å². The third-order valence-electron chi connectivity index (χ3n) is 4.61. The summed E-state index contributed by atoms with van der Waals surface area (Å²) in [4.78, 5) is 31.5. The maximum atomic E-state index is 12.9. The van der Waals surface area contributed by atoms with Crippen LogP contribution in [0.2, 0.25) is 0 Å². The Morgan fingerprint density at radius 1 is 1.10 bits per heavy atom. The smallest absolute Gasteiger partial charge is 0.285 e. The van der Waals surface area contributed by atoms with E-state index in [2.05, 4.69) is 10.3 Å². The highest BCUT2D eigenvalue weighted by atomic mass is 32.2. The Balaban J connectivity index is 1.47. The summed E-state index contributed by atoms with van der Waals surface area (Å²) in [5, 5.41) is 5.33. The number of benzene rings is 1. The van der Waals surface area contributed by atoms with Crippen molar-refractivity contribution in [2.75, 3.05) is 37.8 Å². The molecule has 1 aromatic carbocycles. The van der Waals surface area contributed by atoms with Gasteiger partial charge in [-0.05, 0) is 23.6 Å². The van der Waals surface area contributed by atoms with Crippen molar-refractivity contribution in [3.63, 3.8) is 0 Å². The zero-order chi connectivity index (χ0) is 20.6. The lowest BCUT2D eigenvalue weighted by Crippen LogP contribution is -2.50. The average molecular weight is 451 g/mol. The molecule has 2 aromatic heterocycles. The van der Waals surface area contributed by atoms with E-state index in [0.29, 0.717) is 28.7 Å². The van der Waals surface area contributed by atoms with E-state index in [1.165, 1.54) is 33.2 Å². The molecule has 1 aliphatic heterocycles. The van der Waals surface area contributed by atoms with Gasteiger partial charge in [0.2, 0.25) is 10.0 Å². The number of aromatic nitrogens is 1. The highest BCUT2D eigenvalue weighted by molar-refractivity contribution is 7.88. The quantitative estimate of drug-likeness (QED) is 0.658. The summed E-state index contributed by atoms with van der Waals surface area (Å²) < 4.78 is 25.6. The summed E-state index contributed by atoms with van der Waals surface area (Å²) in [7, 11) is -3.26. The number of hydrogen-bond donors (Lipinski definition) is 1. The van der Waals surface area contributed by atoms with E-state index >= 15 is 0 Å². The molecule has 0 unspecified atom stereocenters. The standard InChI is InChI=1S/C18H18N4O4S3/c1-29(25,26)22-9-7-21(8-10-22)18(24)12-6-11-27-16(12)20-15(23)17-19-13-4-2-3-5-14(13)28-17/h2-6,11H,7-10H2,1H3,(H,20,23). The molecule has 0 spiro atoms. The number of nitrogens with one attached hydrogen (secondary N) is 1. The molecule has 0 aliphatic carbocycles. The van der Waals surface area contributed by atoms with E-state index in [0.717, 1.165) is 10.2 Å². The van der Waals surface area contributed by atoms with Gasteiger partial charge in [0.25, 0.3) is 11.8 Å². The highest BCUT2D eigenvalue weighted by Crippen LogP contribution is 2.28. The number of amides is 2. The molecule has 4 rings (SSSR count). The molecule has 1 aliphatic rings. The van der Waals surface area contributed by atoms with E-state index < -0.39 is 10.0 Å². The first-order valence-corrected chi connectivity index (χ1v) is 12.4. The molecule has 1 N–H and O–H groups in total. The lowest BCUT2D eigenvalue weighted by molar-refractivity contribution is 0.0700. The van der Waals surface area contributed by atoms with Gasteiger partial charge in [-0.1, -0.05) is 12.1 Å². The van der Waals surface area contributed by atoms with Gasteiger partial charge in [0.1, 0.15) is 5.00 Å². The summed E-state index contributed by atoms with van der Waals surface area (Å²) in [5.74, 6) is -0.580. The van der Waals surface area contributed by atoms with Crippen LogP contribution >= 0.6 is 22.7 Å². The Labute approximate surface area is 175 Å². The number of carbonyl (C=O) groups is 2. The van der Waals surface area contributed by atoms with Crippen LogP contribution in [-0.2, 0) is 10.0 Å². The first-order valence-electron chi connectivity index (χ1n) is 8.82. The van der Waals surface area contributed by atoms with Crippen molar-refractivity contribution < 1.29 is 18.0 Å². The molecule has 1 saturated heterocycles. The number of rotatable bonds is 4. The van der Waals surface area contributed by atoms with Gasteiger partial charge < -0.3 is 10.2 Å². The minimum atomic E-state index is -3.26. The number of para-hydroxylation sites is 1. The fourth-order valence-electron chi connectivity index (χ4n) is 3.09. The van der Waals surface area contributed by atoms with Crippen molar-refractivity contribution in [3.8, 4) is 0 Å². The van der Waals surface area contributed by atoms with E-state index in [-0.39, 0.29) is 24.9 Å². The number of piperazine rings is 1. The number of anilines is 1. The minimum Gasteiger partial charge on any atom is -0.336 e. The molecule has 0 atom stereocenters. The van der Waals surface area contributed by atoms with E-state index in [1.54, 1.807) is 16.3 Å². The molecular formula is C18H18N4O4S3. The number of thiazole rings is 1. The van der Waals surface area contributed by atoms with Crippen LogP contribution in [0.25, 0.3) is 10.2 Å². The van der Waals surface area contributed by atoms with Crippen molar-refractivity contribution in [2.24, 2.45) is 0 Å². The molecule has 0 bridgehead atoms. The second kappa shape index (κ2) is 7.82. The fraction of sp³-hybridized carbons (Fsp3) is 0.278. The van der Waals surface area contributed by atoms with Crippen molar-refractivity contribution in [2.45, 2.75) is 0 Å². The lowest BCUT2D eigenvalue weighted by Gasteiger charge is -2.33. The van der Waals surface area contributed by atoms with Gasteiger partial charge in [-0.2, -0.15) is 4.31 Å². The predicted molar refractivity (Wildman–Crippen MR) is 114 cm³/mol. The van der Waals surface area contributed by atoms with Crippen LogP contribution in [0, 0.1) is 0 Å². The Hall–Kier alpha value is -2.34. The second-order valence-electron chi connectivity index (χ2n) is 6.56. The van der Waals surface area contributed by atoms with Crippen LogP contribution < -0.4 is 5.32 Å². The van der Waals surface area contributed by atoms with Gasteiger partial charge in [0, 0.05) is 26.2 Å². The monoisotopic (exact) mass is 450 g/mol. The summed E-state index contributed by atoms with van der Waals surface area (Å²) in [6.45, 7) is 1.16. The largest absolute Gasteiger partial charge is 0.336 e. The fourth-order valence-corrected chi connectivity index (χ4v) is 5.56. The number of hydrogen-bond acceptors (Lipinski definition) is 7. The number of fused-ring (bicyclic) bond motifs is 1.